The molecule has 1 aromatic rings. The maximum absolute atomic E-state index is 12.8. The van der Waals surface area contributed by atoms with Gasteiger partial charge in [-0.3, -0.25) is 9.59 Å². The molecule has 0 aliphatic heterocycles. The SMILES string of the molecule is C=CCNC(=O)c1coc(CN(CC=C)C(=O)[C@H](CC)CCCC)n1. The van der Waals surface area contributed by atoms with Crippen LogP contribution in [0.5, 0.6) is 0 Å². The van der Waals surface area contributed by atoms with Crippen LogP contribution in [-0.4, -0.2) is 34.8 Å². The number of amides is 2. The molecule has 0 saturated carbocycles. The second-order valence-electron chi connectivity index (χ2n) is 5.88. The highest BCUT2D eigenvalue weighted by Crippen LogP contribution is 2.18. The molecule has 6 heteroatoms. The van der Waals surface area contributed by atoms with Gasteiger partial charge in [0.25, 0.3) is 5.91 Å². The van der Waals surface area contributed by atoms with Crippen LogP contribution >= 0.6 is 0 Å². The number of oxazole rings is 1. The third-order valence-corrected chi connectivity index (χ3v) is 3.93. The fourth-order valence-corrected chi connectivity index (χ4v) is 2.51. The van der Waals surface area contributed by atoms with Gasteiger partial charge in [0.2, 0.25) is 11.8 Å². The second kappa shape index (κ2) is 11.2. The zero-order chi connectivity index (χ0) is 18.7. The normalized spacial score (nSPS) is 11.6. The summed E-state index contributed by atoms with van der Waals surface area (Å²) in [6, 6.07) is 0. The zero-order valence-corrected chi connectivity index (χ0v) is 15.3. The van der Waals surface area contributed by atoms with Gasteiger partial charge >= 0.3 is 0 Å². The Morgan fingerprint density at radius 1 is 1.36 bits per heavy atom. The Bertz CT molecular complexity index is 580. The number of carbonyl (C=O) groups excluding carboxylic acids is 2. The maximum atomic E-state index is 12.8. The van der Waals surface area contributed by atoms with Gasteiger partial charge in [0.1, 0.15) is 6.26 Å². The standard InChI is InChI=1S/C19H29N3O3/c1-5-9-10-15(8-4)19(24)22(12-7-3)13-17-21-16(14-25-17)18(23)20-11-6-2/h6-7,14-15H,2-3,5,8-13H2,1,4H3,(H,20,23)/t15-/m1/s1. The molecule has 1 aromatic heterocycles. The number of hydrogen-bond acceptors (Lipinski definition) is 4. The predicted molar refractivity (Wildman–Crippen MR) is 98.0 cm³/mol. The summed E-state index contributed by atoms with van der Waals surface area (Å²) < 4.78 is 5.36. The van der Waals surface area contributed by atoms with Crippen molar-refractivity contribution in [3.8, 4) is 0 Å². The van der Waals surface area contributed by atoms with Crippen molar-refractivity contribution in [3.05, 3.63) is 43.2 Å². The van der Waals surface area contributed by atoms with E-state index in [1.54, 1.807) is 17.1 Å². The average molecular weight is 347 g/mol. The molecule has 138 valence electrons. The minimum absolute atomic E-state index is 0.00905. The van der Waals surface area contributed by atoms with Gasteiger partial charge in [0, 0.05) is 19.0 Å². The van der Waals surface area contributed by atoms with Crippen molar-refractivity contribution in [2.24, 2.45) is 5.92 Å². The lowest BCUT2D eigenvalue weighted by Gasteiger charge is -2.24. The third kappa shape index (κ3) is 6.57. The van der Waals surface area contributed by atoms with E-state index in [0.29, 0.717) is 19.0 Å². The van der Waals surface area contributed by atoms with Crippen LogP contribution in [0.4, 0.5) is 0 Å². The molecule has 0 bridgehead atoms. The second-order valence-corrected chi connectivity index (χ2v) is 5.88. The molecule has 6 nitrogen and oxygen atoms in total. The molecule has 0 unspecified atom stereocenters. The number of unbranched alkanes of at least 4 members (excludes halogenated alkanes) is 1. The first-order valence-electron chi connectivity index (χ1n) is 8.80. The van der Waals surface area contributed by atoms with Crippen LogP contribution in [0.3, 0.4) is 0 Å². The van der Waals surface area contributed by atoms with E-state index in [2.05, 4.69) is 30.4 Å². The number of aromatic nitrogens is 1. The van der Waals surface area contributed by atoms with E-state index < -0.39 is 0 Å². The van der Waals surface area contributed by atoms with Crippen LogP contribution in [-0.2, 0) is 11.3 Å². The lowest BCUT2D eigenvalue weighted by atomic mass is 9.97. The molecule has 2 amide bonds. The molecule has 0 aliphatic rings. The van der Waals surface area contributed by atoms with Gasteiger partial charge < -0.3 is 14.6 Å². The minimum atomic E-state index is -0.328. The Labute approximate surface area is 150 Å². The van der Waals surface area contributed by atoms with Crippen LogP contribution in [0, 0.1) is 5.92 Å². The molecule has 0 saturated heterocycles. The van der Waals surface area contributed by atoms with Crippen molar-refractivity contribution in [1.82, 2.24) is 15.2 Å². The number of nitrogens with one attached hydrogen (secondary N) is 1. The summed E-state index contributed by atoms with van der Waals surface area (Å²) in [7, 11) is 0. The summed E-state index contributed by atoms with van der Waals surface area (Å²) in [5.41, 5.74) is 0.195. The Morgan fingerprint density at radius 3 is 2.72 bits per heavy atom. The topological polar surface area (TPSA) is 75.4 Å². The van der Waals surface area contributed by atoms with Crippen molar-refractivity contribution in [2.75, 3.05) is 13.1 Å². The monoisotopic (exact) mass is 347 g/mol. The Morgan fingerprint density at radius 2 is 2.12 bits per heavy atom. The molecular formula is C19H29N3O3. The summed E-state index contributed by atoms with van der Waals surface area (Å²) in [4.78, 5) is 30.5. The van der Waals surface area contributed by atoms with Crippen molar-refractivity contribution in [1.29, 1.82) is 0 Å². The van der Waals surface area contributed by atoms with E-state index in [4.69, 9.17) is 4.42 Å². The van der Waals surface area contributed by atoms with Gasteiger partial charge in [-0.15, -0.1) is 13.2 Å². The smallest absolute Gasteiger partial charge is 0.273 e. The zero-order valence-electron chi connectivity index (χ0n) is 15.3. The Balaban J connectivity index is 2.78. The molecule has 1 rings (SSSR count). The summed E-state index contributed by atoms with van der Waals surface area (Å²) in [5.74, 6) is 0.0760. The summed E-state index contributed by atoms with van der Waals surface area (Å²) >= 11 is 0. The van der Waals surface area contributed by atoms with E-state index in [-0.39, 0.29) is 30.0 Å². The molecule has 1 N–H and O–H groups in total. The van der Waals surface area contributed by atoms with Crippen molar-refractivity contribution < 1.29 is 14.0 Å². The first-order valence-corrected chi connectivity index (χ1v) is 8.80. The lowest BCUT2D eigenvalue weighted by Crippen LogP contribution is -2.36. The van der Waals surface area contributed by atoms with Gasteiger partial charge in [-0.25, -0.2) is 4.98 Å². The summed E-state index contributed by atoms with van der Waals surface area (Å²) in [6.07, 6.45) is 8.34. The van der Waals surface area contributed by atoms with Crippen LogP contribution in [0.15, 0.2) is 36.0 Å². The number of nitrogens with zero attached hydrogens (tertiary/aromatic N) is 2. The Hall–Kier alpha value is -2.37. The molecular weight excluding hydrogens is 318 g/mol. The van der Waals surface area contributed by atoms with Crippen LogP contribution < -0.4 is 5.32 Å². The molecule has 0 aromatic carbocycles. The highest BCUT2D eigenvalue weighted by molar-refractivity contribution is 5.92. The molecule has 0 radical (unpaired) electrons. The van der Waals surface area contributed by atoms with Crippen LogP contribution in [0.1, 0.15) is 55.9 Å². The minimum Gasteiger partial charge on any atom is -0.446 e. The third-order valence-electron chi connectivity index (χ3n) is 3.93. The van der Waals surface area contributed by atoms with Crippen LogP contribution in [0.25, 0.3) is 0 Å². The van der Waals surface area contributed by atoms with E-state index in [9.17, 15) is 9.59 Å². The lowest BCUT2D eigenvalue weighted by molar-refractivity contribution is -0.136. The maximum Gasteiger partial charge on any atom is 0.273 e. The molecule has 0 aliphatic carbocycles. The van der Waals surface area contributed by atoms with E-state index in [1.807, 2.05) is 6.92 Å². The summed E-state index contributed by atoms with van der Waals surface area (Å²) in [6.45, 7) is 12.4. The van der Waals surface area contributed by atoms with Gasteiger partial charge in [0.05, 0.1) is 6.54 Å². The van der Waals surface area contributed by atoms with E-state index in [1.165, 1.54) is 6.26 Å². The fourth-order valence-electron chi connectivity index (χ4n) is 2.51. The molecule has 0 fully saturated rings. The molecule has 0 spiro atoms. The summed E-state index contributed by atoms with van der Waals surface area (Å²) in [5, 5.41) is 2.64. The first-order chi connectivity index (χ1) is 12.1. The highest BCUT2D eigenvalue weighted by Gasteiger charge is 2.23. The van der Waals surface area contributed by atoms with E-state index >= 15 is 0 Å². The quantitative estimate of drug-likeness (QED) is 0.589. The molecule has 1 heterocycles. The number of carbonyl (C=O) groups is 2. The fraction of sp³-hybridized carbons (Fsp3) is 0.526. The first kappa shape index (κ1) is 20.7. The molecule has 1 atom stereocenters. The van der Waals surface area contributed by atoms with Crippen LogP contribution in [0.2, 0.25) is 0 Å². The van der Waals surface area contributed by atoms with Gasteiger partial charge in [0.15, 0.2) is 5.69 Å². The van der Waals surface area contributed by atoms with Crippen molar-refractivity contribution >= 4 is 11.8 Å². The largest absolute Gasteiger partial charge is 0.446 e. The van der Waals surface area contributed by atoms with E-state index in [0.717, 1.165) is 25.7 Å². The Kier molecular flexibility index (Phi) is 9.29. The average Bonchev–Trinajstić information content (AvgIpc) is 3.08. The highest BCUT2D eigenvalue weighted by atomic mass is 16.3. The van der Waals surface area contributed by atoms with Gasteiger partial charge in [-0.1, -0.05) is 38.8 Å². The van der Waals surface area contributed by atoms with Gasteiger partial charge in [-0.2, -0.15) is 0 Å². The van der Waals surface area contributed by atoms with Crippen molar-refractivity contribution in [3.63, 3.8) is 0 Å². The number of hydrogen-bond donors (Lipinski definition) is 1. The van der Waals surface area contributed by atoms with Crippen molar-refractivity contribution in [2.45, 2.75) is 46.1 Å². The number of rotatable bonds is 12. The molecule has 25 heavy (non-hydrogen) atoms. The van der Waals surface area contributed by atoms with Gasteiger partial charge in [-0.05, 0) is 12.8 Å². The predicted octanol–water partition coefficient (Wildman–Crippen LogP) is 3.32.